The summed E-state index contributed by atoms with van der Waals surface area (Å²) in [6, 6.07) is 23.6. The number of amides is 2. The molecule has 0 heterocycles. The first-order valence-corrected chi connectivity index (χ1v) is 10.5. The number of rotatable bonds is 8. The number of halogens is 1. The molecule has 0 aromatic heterocycles. The number of benzene rings is 3. The molecule has 158 valence electrons. The molecule has 1 aliphatic rings. The first kappa shape index (κ1) is 20.8. The number of anilines is 1. The maximum atomic E-state index is 13.0. The highest BCUT2D eigenvalue weighted by Gasteiger charge is 2.34. The van der Waals surface area contributed by atoms with Gasteiger partial charge >= 0.3 is 0 Å². The van der Waals surface area contributed by atoms with Crippen molar-refractivity contribution in [2.45, 2.75) is 32.4 Å². The summed E-state index contributed by atoms with van der Waals surface area (Å²) in [6.45, 7) is 0.894. The summed E-state index contributed by atoms with van der Waals surface area (Å²) in [6.07, 6.45) is 2.16. The predicted molar refractivity (Wildman–Crippen MR) is 119 cm³/mol. The maximum Gasteiger partial charge on any atom is 0.230 e. The van der Waals surface area contributed by atoms with Crippen molar-refractivity contribution in [3.63, 3.8) is 0 Å². The zero-order valence-electron chi connectivity index (χ0n) is 17.3. The topological polar surface area (TPSA) is 49.4 Å². The SMILES string of the molecule is O=C(Cc1ccc(N(Cc2ccccc2)C(=O)C2CC2)cc1)NCc1ccc(F)cc1. The van der Waals surface area contributed by atoms with Crippen LogP contribution in [-0.2, 0) is 29.1 Å². The van der Waals surface area contributed by atoms with E-state index in [0.29, 0.717) is 13.1 Å². The van der Waals surface area contributed by atoms with Crippen LogP contribution in [0.2, 0.25) is 0 Å². The Balaban J connectivity index is 1.38. The Hall–Kier alpha value is -3.47. The molecule has 0 radical (unpaired) electrons. The van der Waals surface area contributed by atoms with E-state index in [1.54, 1.807) is 12.1 Å². The summed E-state index contributed by atoms with van der Waals surface area (Å²) in [5.41, 5.74) is 3.65. The molecule has 4 nitrogen and oxygen atoms in total. The van der Waals surface area contributed by atoms with E-state index in [1.807, 2.05) is 59.5 Å². The Morgan fingerprint density at radius 3 is 2.13 bits per heavy atom. The molecule has 0 unspecified atom stereocenters. The second-order valence-corrected chi connectivity index (χ2v) is 7.93. The van der Waals surface area contributed by atoms with Crippen LogP contribution >= 0.6 is 0 Å². The van der Waals surface area contributed by atoms with Crippen molar-refractivity contribution in [1.82, 2.24) is 5.32 Å². The first-order chi connectivity index (χ1) is 15.1. The molecule has 5 heteroatoms. The Morgan fingerprint density at radius 2 is 1.48 bits per heavy atom. The van der Waals surface area contributed by atoms with Gasteiger partial charge in [-0.1, -0.05) is 54.6 Å². The van der Waals surface area contributed by atoms with Crippen LogP contribution in [0.15, 0.2) is 78.9 Å². The van der Waals surface area contributed by atoms with Gasteiger partial charge in [-0.05, 0) is 53.8 Å². The summed E-state index contributed by atoms with van der Waals surface area (Å²) in [7, 11) is 0. The van der Waals surface area contributed by atoms with Gasteiger partial charge in [-0.15, -0.1) is 0 Å². The molecule has 0 aliphatic heterocycles. The van der Waals surface area contributed by atoms with Gasteiger partial charge in [-0.2, -0.15) is 0 Å². The number of nitrogens with one attached hydrogen (secondary N) is 1. The monoisotopic (exact) mass is 416 g/mol. The lowest BCUT2D eigenvalue weighted by Gasteiger charge is -2.23. The van der Waals surface area contributed by atoms with E-state index >= 15 is 0 Å². The molecule has 1 N–H and O–H groups in total. The lowest BCUT2D eigenvalue weighted by molar-refractivity contribution is -0.121. The molecule has 0 atom stereocenters. The van der Waals surface area contributed by atoms with Crippen molar-refractivity contribution >= 4 is 17.5 Å². The molecule has 31 heavy (non-hydrogen) atoms. The summed E-state index contributed by atoms with van der Waals surface area (Å²) in [5, 5.41) is 2.85. The highest BCUT2D eigenvalue weighted by Crippen LogP contribution is 2.33. The van der Waals surface area contributed by atoms with E-state index in [9.17, 15) is 14.0 Å². The van der Waals surface area contributed by atoms with Gasteiger partial charge in [0.1, 0.15) is 5.82 Å². The normalized spacial score (nSPS) is 12.9. The van der Waals surface area contributed by atoms with Gasteiger partial charge in [-0.3, -0.25) is 9.59 Å². The van der Waals surface area contributed by atoms with Gasteiger partial charge in [0.05, 0.1) is 13.0 Å². The largest absolute Gasteiger partial charge is 0.352 e. The van der Waals surface area contributed by atoms with Gasteiger partial charge in [-0.25, -0.2) is 4.39 Å². The molecule has 0 saturated heterocycles. The number of nitrogens with zero attached hydrogens (tertiary/aromatic N) is 1. The highest BCUT2D eigenvalue weighted by molar-refractivity contribution is 5.96. The third kappa shape index (κ3) is 5.79. The Morgan fingerprint density at radius 1 is 0.839 bits per heavy atom. The molecular weight excluding hydrogens is 391 g/mol. The van der Waals surface area contributed by atoms with Crippen LogP contribution < -0.4 is 10.2 Å². The van der Waals surface area contributed by atoms with Crippen molar-refractivity contribution in [2.75, 3.05) is 4.90 Å². The molecule has 1 saturated carbocycles. The van der Waals surface area contributed by atoms with Crippen molar-refractivity contribution < 1.29 is 14.0 Å². The third-order valence-electron chi connectivity index (χ3n) is 5.39. The summed E-state index contributed by atoms with van der Waals surface area (Å²) in [4.78, 5) is 27.0. The van der Waals surface area contributed by atoms with Crippen LogP contribution in [-0.4, -0.2) is 11.8 Å². The van der Waals surface area contributed by atoms with E-state index in [1.165, 1.54) is 12.1 Å². The highest BCUT2D eigenvalue weighted by atomic mass is 19.1. The predicted octanol–water partition coefficient (Wildman–Crippen LogP) is 4.63. The van der Waals surface area contributed by atoms with E-state index < -0.39 is 0 Å². The zero-order chi connectivity index (χ0) is 21.6. The van der Waals surface area contributed by atoms with Crippen molar-refractivity contribution in [3.05, 3.63) is 101 Å². The van der Waals surface area contributed by atoms with E-state index in [4.69, 9.17) is 0 Å². The standard InChI is InChI=1S/C26H25FN2O2/c27-23-12-6-20(7-13-23)17-28-25(30)16-19-8-14-24(15-9-19)29(26(31)22-10-11-22)18-21-4-2-1-3-5-21/h1-9,12-15,22H,10-11,16-18H2,(H,28,30). The van der Waals surface area contributed by atoms with Gasteiger partial charge in [0, 0.05) is 18.2 Å². The molecule has 3 aromatic rings. The minimum atomic E-state index is -0.295. The van der Waals surface area contributed by atoms with Gasteiger partial charge in [0.15, 0.2) is 0 Å². The fourth-order valence-electron chi connectivity index (χ4n) is 3.46. The first-order valence-electron chi connectivity index (χ1n) is 10.5. The Bertz CT molecular complexity index is 1030. The number of hydrogen-bond acceptors (Lipinski definition) is 2. The fraction of sp³-hybridized carbons (Fsp3) is 0.231. The van der Waals surface area contributed by atoms with Crippen LogP contribution in [0.4, 0.5) is 10.1 Å². The summed E-state index contributed by atoms with van der Waals surface area (Å²) in [5.74, 6) is -0.113. The van der Waals surface area contributed by atoms with Gasteiger partial charge in [0.2, 0.25) is 11.8 Å². The lowest BCUT2D eigenvalue weighted by Crippen LogP contribution is -2.31. The van der Waals surface area contributed by atoms with Crippen LogP contribution in [0, 0.1) is 11.7 Å². The molecule has 4 rings (SSSR count). The molecule has 0 bridgehead atoms. The van der Waals surface area contributed by atoms with Crippen molar-refractivity contribution in [3.8, 4) is 0 Å². The molecule has 2 amide bonds. The van der Waals surface area contributed by atoms with Crippen molar-refractivity contribution in [1.29, 1.82) is 0 Å². The smallest absolute Gasteiger partial charge is 0.230 e. The molecule has 3 aromatic carbocycles. The van der Waals surface area contributed by atoms with Crippen molar-refractivity contribution in [2.24, 2.45) is 5.92 Å². The molecule has 1 aliphatic carbocycles. The van der Waals surface area contributed by atoms with Gasteiger partial charge < -0.3 is 10.2 Å². The fourth-order valence-corrected chi connectivity index (χ4v) is 3.46. The molecular formula is C26H25FN2O2. The third-order valence-corrected chi connectivity index (χ3v) is 5.39. The number of hydrogen-bond donors (Lipinski definition) is 1. The minimum Gasteiger partial charge on any atom is -0.352 e. The zero-order valence-corrected chi connectivity index (χ0v) is 17.3. The average Bonchev–Trinajstić information content (AvgIpc) is 3.64. The number of carbonyl (C=O) groups is 2. The van der Waals surface area contributed by atoms with Crippen LogP contribution in [0.3, 0.4) is 0 Å². The Kier molecular flexibility index (Phi) is 6.41. The van der Waals surface area contributed by atoms with Crippen LogP contribution in [0.25, 0.3) is 0 Å². The van der Waals surface area contributed by atoms with E-state index in [2.05, 4.69) is 5.32 Å². The number of carbonyl (C=O) groups excluding carboxylic acids is 2. The quantitative estimate of drug-likeness (QED) is 0.582. The van der Waals surface area contributed by atoms with Crippen LogP contribution in [0.5, 0.6) is 0 Å². The van der Waals surface area contributed by atoms with Gasteiger partial charge in [0.25, 0.3) is 0 Å². The van der Waals surface area contributed by atoms with E-state index in [0.717, 1.165) is 35.2 Å². The van der Waals surface area contributed by atoms with Crippen LogP contribution in [0.1, 0.15) is 29.5 Å². The average molecular weight is 416 g/mol. The second-order valence-electron chi connectivity index (χ2n) is 7.93. The molecule has 0 spiro atoms. The maximum absolute atomic E-state index is 13.0. The Labute approximate surface area is 181 Å². The summed E-state index contributed by atoms with van der Waals surface area (Å²) < 4.78 is 13.0. The second kappa shape index (κ2) is 9.56. The summed E-state index contributed by atoms with van der Waals surface area (Å²) >= 11 is 0. The molecule has 1 fully saturated rings. The van der Waals surface area contributed by atoms with E-state index in [-0.39, 0.29) is 30.0 Å². The minimum absolute atomic E-state index is 0.104. The lowest BCUT2D eigenvalue weighted by atomic mass is 10.1.